The molecule has 1 saturated carbocycles. The molecule has 0 atom stereocenters. The molecule has 0 amide bonds. The molecule has 1 nitrogen and oxygen atoms in total. The molecule has 0 aliphatic heterocycles. The largest absolute Gasteiger partial charge is 0.492 e. The summed E-state index contributed by atoms with van der Waals surface area (Å²) in [5.74, 6) is 1.96. The van der Waals surface area contributed by atoms with Crippen molar-refractivity contribution in [3.8, 4) is 5.75 Å². The van der Waals surface area contributed by atoms with E-state index < -0.39 is 0 Å². The van der Waals surface area contributed by atoms with Crippen LogP contribution in [0.3, 0.4) is 0 Å². The highest BCUT2D eigenvalue weighted by molar-refractivity contribution is 7.98. The van der Waals surface area contributed by atoms with Crippen LogP contribution in [0.2, 0.25) is 0 Å². The maximum atomic E-state index is 6.04. The molecule has 0 unspecified atom stereocenters. The topological polar surface area (TPSA) is 9.23 Å². The molecule has 0 bridgehead atoms. The highest BCUT2D eigenvalue weighted by Crippen LogP contribution is 2.40. The molecule has 0 heterocycles. The lowest BCUT2D eigenvalue weighted by atomic mass is 9.90. The van der Waals surface area contributed by atoms with Crippen molar-refractivity contribution in [3.63, 3.8) is 0 Å². The number of hydrogen-bond acceptors (Lipinski definition) is 3. The Kier molecular flexibility index (Phi) is 4.69. The van der Waals surface area contributed by atoms with Crippen LogP contribution in [0, 0.1) is 5.41 Å². The van der Waals surface area contributed by atoms with Crippen LogP contribution < -0.4 is 4.74 Å². The molecular weight excluding hydrogens is 248 g/mol. The van der Waals surface area contributed by atoms with Crippen molar-refractivity contribution in [1.29, 1.82) is 0 Å². The first-order valence-corrected chi connectivity index (χ1v) is 8.02. The molecule has 0 spiro atoms. The van der Waals surface area contributed by atoms with E-state index in [2.05, 4.69) is 37.1 Å². The van der Waals surface area contributed by atoms with E-state index in [4.69, 9.17) is 4.74 Å². The predicted molar refractivity (Wildman–Crippen MR) is 78.5 cm³/mol. The average Bonchev–Trinajstić information content (AvgIpc) is 2.86. The molecule has 1 aromatic rings. The lowest BCUT2D eigenvalue weighted by molar-refractivity contribution is 0.170. The molecule has 1 fully saturated rings. The zero-order valence-corrected chi connectivity index (χ0v) is 12.0. The Morgan fingerprint density at radius 3 is 2.65 bits per heavy atom. The van der Waals surface area contributed by atoms with Gasteiger partial charge in [0.2, 0.25) is 0 Å². The van der Waals surface area contributed by atoms with Crippen LogP contribution in [0.5, 0.6) is 5.75 Å². The molecule has 1 aliphatic carbocycles. The Morgan fingerprint density at radius 1 is 1.29 bits per heavy atom. The van der Waals surface area contributed by atoms with Crippen molar-refractivity contribution in [3.05, 3.63) is 24.3 Å². The van der Waals surface area contributed by atoms with Gasteiger partial charge in [0.05, 0.1) is 6.61 Å². The van der Waals surface area contributed by atoms with Gasteiger partial charge in [0.15, 0.2) is 0 Å². The van der Waals surface area contributed by atoms with Gasteiger partial charge in [-0.15, -0.1) is 11.8 Å². The first-order chi connectivity index (χ1) is 8.29. The van der Waals surface area contributed by atoms with Gasteiger partial charge in [0.25, 0.3) is 0 Å². The van der Waals surface area contributed by atoms with Gasteiger partial charge in [-0.3, -0.25) is 0 Å². The highest BCUT2D eigenvalue weighted by atomic mass is 32.2. The SMILES string of the molecule is CSc1ccccc1OCC1(CS)CCCC1. The van der Waals surface area contributed by atoms with Crippen molar-refractivity contribution < 1.29 is 4.74 Å². The fraction of sp³-hybridized carbons (Fsp3) is 0.571. The van der Waals surface area contributed by atoms with Gasteiger partial charge in [0.1, 0.15) is 5.75 Å². The molecule has 0 aromatic heterocycles. The monoisotopic (exact) mass is 268 g/mol. The second-order valence-corrected chi connectivity index (χ2v) is 5.97. The van der Waals surface area contributed by atoms with Gasteiger partial charge in [-0.25, -0.2) is 0 Å². The van der Waals surface area contributed by atoms with Gasteiger partial charge < -0.3 is 4.74 Å². The third-order valence-corrected chi connectivity index (χ3v) is 5.05. The van der Waals surface area contributed by atoms with Crippen molar-refractivity contribution in [2.24, 2.45) is 5.41 Å². The zero-order chi connectivity index (χ0) is 12.1. The summed E-state index contributed by atoms with van der Waals surface area (Å²) >= 11 is 6.25. The lowest BCUT2D eigenvalue weighted by Gasteiger charge is -2.27. The van der Waals surface area contributed by atoms with Crippen LogP contribution in [-0.4, -0.2) is 18.6 Å². The molecule has 0 radical (unpaired) electrons. The van der Waals surface area contributed by atoms with E-state index in [1.807, 2.05) is 6.07 Å². The number of benzene rings is 1. The maximum Gasteiger partial charge on any atom is 0.132 e. The summed E-state index contributed by atoms with van der Waals surface area (Å²) in [6.07, 6.45) is 7.27. The van der Waals surface area contributed by atoms with Crippen molar-refractivity contribution in [2.75, 3.05) is 18.6 Å². The van der Waals surface area contributed by atoms with E-state index in [0.29, 0.717) is 5.41 Å². The normalized spacial score (nSPS) is 18.2. The second-order valence-electron chi connectivity index (χ2n) is 4.80. The van der Waals surface area contributed by atoms with Crippen LogP contribution in [0.15, 0.2) is 29.2 Å². The fourth-order valence-corrected chi connectivity index (χ4v) is 3.39. The van der Waals surface area contributed by atoms with E-state index in [9.17, 15) is 0 Å². The van der Waals surface area contributed by atoms with Gasteiger partial charge in [-0.05, 0) is 37.0 Å². The second kappa shape index (κ2) is 6.05. The third kappa shape index (κ3) is 3.14. The first-order valence-electron chi connectivity index (χ1n) is 6.16. The summed E-state index contributed by atoms with van der Waals surface area (Å²) < 4.78 is 6.04. The highest BCUT2D eigenvalue weighted by Gasteiger charge is 2.33. The summed E-state index contributed by atoms with van der Waals surface area (Å²) in [6.45, 7) is 0.814. The summed E-state index contributed by atoms with van der Waals surface area (Å²) in [7, 11) is 0. The van der Waals surface area contributed by atoms with Gasteiger partial charge in [0, 0.05) is 10.3 Å². The minimum Gasteiger partial charge on any atom is -0.492 e. The maximum absolute atomic E-state index is 6.04. The van der Waals surface area contributed by atoms with E-state index in [-0.39, 0.29) is 0 Å². The van der Waals surface area contributed by atoms with Crippen LogP contribution in [-0.2, 0) is 0 Å². The number of thiol groups is 1. The quantitative estimate of drug-likeness (QED) is 0.630. The third-order valence-electron chi connectivity index (χ3n) is 3.60. The zero-order valence-electron chi connectivity index (χ0n) is 10.3. The molecule has 1 aromatic carbocycles. The van der Waals surface area contributed by atoms with E-state index in [1.165, 1.54) is 30.6 Å². The number of hydrogen-bond donors (Lipinski definition) is 1. The summed E-state index contributed by atoms with van der Waals surface area (Å²) in [4.78, 5) is 1.22. The van der Waals surface area contributed by atoms with Gasteiger partial charge in [-0.1, -0.05) is 25.0 Å². The Labute approximate surface area is 114 Å². The molecule has 94 valence electrons. The summed E-state index contributed by atoms with van der Waals surface area (Å²) in [6, 6.07) is 8.27. The Bertz CT molecular complexity index is 359. The van der Waals surface area contributed by atoms with Crippen molar-refractivity contribution in [2.45, 2.75) is 30.6 Å². The van der Waals surface area contributed by atoms with E-state index >= 15 is 0 Å². The van der Waals surface area contributed by atoms with Crippen molar-refractivity contribution in [1.82, 2.24) is 0 Å². The number of thioether (sulfide) groups is 1. The van der Waals surface area contributed by atoms with Crippen LogP contribution in [0.25, 0.3) is 0 Å². The Balaban J connectivity index is 2.01. The standard InChI is InChI=1S/C14H20OS2/c1-17-13-7-3-2-6-12(13)15-10-14(11-16)8-4-5-9-14/h2-3,6-7,16H,4-5,8-11H2,1H3. The van der Waals surface area contributed by atoms with Gasteiger partial charge in [-0.2, -0.15) is 12.6 Å². The fourth-order valence-electron chi connectivity index (χ4n) is 2.44. The molecule has 0 saturated heterocycles. The molecule has 0 N–H and O–H groups in total. The Morgan fingerprint density at radius 2 is 2.00 bits per heavy atom. The lowest BCUT2D eigenvalue weighted by Crippen LogP contribution is -2.27. The summed E-state index contributed by atoms with van der Waals surface area (Å²) in [5.41, 5.74) is 0.314. The number of rotatable bonds is 5. The minimum absolute atomic E-state index is 0.314. The van der Waals surface area contributed by atoms with Crippen molar-refractivity contribution >= 4 is 24.4 Å². The van der Waals surface area contributed by atoms with E-state index in [0.717, 1.165) is 18.1 Å². The average molecular weight is 268 g/mol. The predicted octanol–water partition coefficient (Wildman–Crippen LogP) is 4.28. The van der Waals surface area contributed by atoms with E-state index in [1.54, 1.807) is 11.8 Å². The molecule has 1 aliphatic rings. The molecule has 2 rings (SSSR count). The molecule has 17 heavy (non-hydrogen) atoms. The van der Waals surface area contributed by atoms with Crippen LogP contribution in [0.1, 0.15) is 25.7 Å². The number of para-hydroxylation sites is 1. The molecular formula is C14H20OS2. The van der Waals surface area contributed by atoms with Crippen LogP contribution in [0.4, 0.5) is 0 Å². The number of ether oxygens (including phenoxy) is 1. The van der Waals surface area contributed by atoms with Crippen LogP contribution >= 0.6 is 24.4 Å². The van der Waals surface area contributed by atoms with Gasteiger partial charge >= 0.3 is 0 Å². The Hall–Kier alpha value is -0.280. The smallest absolute Gasteiger partial charge is 0.132 e. The molecule has 3 heteroatoms. The summed E-state index contributed by atoms with van der Waals surface area (Å²) in [5, 5.41) is 0. The minimum atomic E-state index is 0.314. The first kappa shape index (κ1) is 13.2.